The van der Waals surface area contributed by atoms with Crippen molar-refractivity contribution in [1.82, 2.24) is 4.31 Å². The summed E-state index contributed by atoms with van der Waals surface area (Å²) in [7, 11) is -3.81. The number of thioether (sulfide) groups is 1. The minimum absolute atomic E-state index is 0.241. The van der Waals surface area contributed by atoms with E-state index in [1.54, 1.807) is 6.07 Å². The second kappa shape index (κ2) is 5.71. The van der Waals surface area contributed by atoms with E-state index >= 15 is 0 Å². The molecule has 1 fully saturated rings. The van der Waals surface area contributed by atoms with Gasteiger partial charge in [-0.25, -0.2) is 8.42 Å². The van der Waals surface area contributed by atoms with Crippen LogP contribution in [0, 0.1) is 11.3 Å². The van der Waals surface area contributed by atoms with Gasteiger partial charge < -0.3 is 5.11 Å². The summed E-state index contributed by atoms with van der Waals surface area (Å²) in [6.45, 7) is 1.91. The number of sulfonamides is 1. The van der Waals surface area contributed by atoms with Crippen molar-refractivity contribution < 1.29 is 18.3 Å². The molecule has 6 nitrogen and oxygen atoms in total. The van der Waals surface area contributed by atoms with Gasteiger partial charge in [0.25, 0.3) is 0 Å². The van der Waals surface area contributed by atoms with E-state index in [1.165, 1.54) is 11.8 Å². The van der Waals surface area contributed by atoms with Crippen LogP contribution in [0.4, 0.5) is 0 Å². The standard InChI is InChI=1S/C9H14N2O4S2/c1-2-3-8-11(17(14,15)5-4-10)7(6-16-8)9(12)13/h7-8H,2-3,5-6H2,1H3,(H,12,13). The SMILES string of the molecule is CCCC1SCC(C(=O)O)N1S(=O)(=O)CC#N. The fourth-order valence-corrected chi connectivity index (χ4v) is 5.12. The first-order valence-corrected chi connectivity index (χ1v) is 7.82. The Bertz CT molecular complexity index is 429. The van der Waals surface area contributed by atoms with Crippen molar-refractivity contribution in [3.63, 3.8) is 0 Å². The Morgan fingerprint density at radius 3 is 2.76 bits per heavy atom. The number of nitrogens with zero attached hydrogens (tertiary/aromatic N) is 2. The molecule has 2 atom stereocenters. The number of hydrogen-bond acceptors (Lipinski definition) is 5. The molecule has 2 unspecified atom stereocenters. The Kier molecular flexibility index (Phi) is 4.80. The fourth-order valence-electron chi connectivity index (χ4n) is 1.72. The van der Waals surface area contributed by atoms with Gasteiger partial charge in [-0.05, 0) is 6.42 Å². The highest BCUT2D eigenvalue weighted by Gasteiger charge is 2.45. The molecule has 1 heterocycles. The average molecular weight is 278 g/mol. The fraction of sp³-hybridized carbons (Fsp3) is 0.778. The third-order valence-electron chi connectivity index (χ3n) is 2.43. The molecule has 0 aliphatic carbocycles. The first kappa shape index (κ1) is 14.3. The summed E-state index contributed by atoms with van der Waals surface area (Å²) in [4.78, 5) is 11.0. The Labute approximate surface area is 105 Å². The Balaban J connectivity index is 3.02. The smallest absolute Gasteiger partial charge is 0.322 e. The second-order valence-corrected chi connectivity index (χ2v) is 6.76. The topological polar surface area (TPSA) is 98.5 Å². The Morgan fingerprint density at radius 1 is 1.65 bits per heavy atom. The third kappa shape index (κ3) is 3.12. The van der Waals surface area contributed by atoms with Crippen LogP contribution in [0.3, 0.4) is 0 Å². The summed E-state index contributed by atoms with van der Waals surface area (Å²) in [6, 6.07) is 0.529. The van der Waals surface area contributed by atoms with Crippen LogP contribution in [0.5, 0.6) is 0 Å². The van der Waals surface area contributed by atoms with E-state index < -0.39 is 27.8 Å². The van der Waals surface area contributed by atoms with E-state index in [9.17, 15) is 13.2 Å². The van der Waals surface area contributed by atoms with Crippen LogP contribution in [0.15, 0.2) is 0 Å². The van der Waals surface area contributed by atoms with E-state index in [4.69, 9.17) is 10.4 Å². The maximum Gasteiger partial charge on any atom is 0.322 e. The molecule has 8 heteroatoms. The second-order valence-electron chi connectivity index (χ2n) is 3.67. The number of rotatable bonds is 5. The average Bonchev–Trinajstić information content (AvgIpc) is 2.62. The van der Waals surface area contributed by atoms with Gasteiger partial charge in [0.15, 0.2) is 5.75 Å². The van der Waals surface area contributed by atoms with Crippen molar-refractivity contribution >= 4 is 27.8 Å². The van der Waals surface area contributed by atoms with E-state index in [0.717, 1.165) is 10.7 Å². The van der Waals surface area contributed by atoms with Gasteiger partial charge in [-0.1, -0.05) is 13.3 Å². The highest BCUT2D eigenvalue weighted by molar-refractivity contribution is 8.01. The lowest BCUT2D eigenvalue weighted by Crippen LogP contribution is -2.46. The molecule has 1 N–H and O–H groups in total. The number of nitriles is 1. The molecule has 0 amide bonds. The number of aliphatic carboxylic acids is 1. The van der Waals surface area contributed by atoms with Crippen molar-refractivity contribution in [3.8, 4) is 6.07 Å². The van der Waals surface area contributed by atoms with Gasteiger partial charge in [-0.15, -0.1) is 11.8 Å². The van der Waals surface area contributed by atoms with Crippen molar-refractivity contribution in [2.45, 2.75) is 31.2 Å². The number of carbonyl (C=O) groups is 1. The minimum Gasteiger partial charge on any atom is -0.480 e. The van der Waals surface area contributed by atoms with Gasteiger partial charge in [0.05, 0.1) is 11.4 Å². The zero-order valence-corrected chi connectivity index (χ0v) is 11.0. The molecule has 1 aliphatic rings. The highest BCUT2D eigenvalue weighted by Crippen LogP contribution is 2.34. The van der Waals surface area contributed by atoms with E-state index in [2.05, 4.69) is 0 Å². The Morgan fingerprint density at radius 2 is 2.29 bits per heavy atom. The third-order valence-corrected chi connectivity index (χ3v) is 5.56. The molecule has 1 saturated heterocycles. The number of carboxylic acids is 1. The van der Waals surface area contributed by atoms with E-state index in [-0.39, 0.29) is 11.1 Å². The normalized spacial score (nSPS) is 25.6. The summed E-state index contributed by atoms with van der Waals surface area (Å²) in [5, 5.41) is 17.1. The van der Waals surface area contributed by atoms with Crippen LogP contribution in [0.25, 0.3) is 0 Å². The van der Waals surface area contributed by atoms with Gasteiger partial charge in [0.1, 0.15) is 6.04 Å². The molecule has 1 rings (SSSR count). The summed E-state index contributed by atoms with van der Waals surface area (Å²) < 4.78 is 24.7. The zero-order chi connectivity index (χ0) is 13.1. The molecule has 0 aromatic carbocycles. The molecule has 0 radical (unpaired) electrons. The lowest BCUT2D eigenvalue weighted by Gasteiger charge is -2.24. The van der Waals surface area contributed by atoms with Crippen LogP contribution in [0.2, 0.25) is 0 Å². The van der Waals surface area contributed by atoms with Gasteiger partial charge in [0.2, 0.25) is 10.0 Å². The maximum absolute atomic E-state index is 11.9. The van der Waals surface area contributed by atoms with Crippen LogP contribution in [-0.4, -0.2) is 46.7 Å². The molecule has 0 bridgehead atoms. The van der Waals surface area contributed by atoms with Crippen LogP contribution in [0.1, 0.15) is 19.8 Å². The van der Waals surface area contributed by atoms with Gasteiger partial charge in [0, 0.05) is 5.75 Å². The predicted molar refractivity (Wildman–Crippen MR) is 63.8 cm³/mol. The molecule has 1 aliphatic heterocycles. The van der Waals surface area contributed by atoms with Crippen LogP contribution < -0.4 is 0 Å². The molecule has 0 saturated carbocycles. The van der Waals surface area contributed by atoms with Crippen LogP contribution in [-0.2, 0) is 14.8 Å². The minimum atomic E-state index is -3.81. The van der Waals surface area contributed by atoms with Crippen molar-refractivity contribution in [2.75, 3.05) is 11.5 Å². The Hall–Kier alpha value is -0.780. The summed E-state index contributed by atoms with van der Waals surface area (Å²) in [6.07, 6.45) is 1.36. The first-order valence-electron chi connectivity index (χ1n) is 5.16. The van der Waals surface area contributed by atoms with Crippen molar-refractivity contribution in [1.29, 1.82) is 5.26 Å². The first-order chi connectivity index (χ1) is 7.94. The summed E-state index contributed by atoms with van der Waals surface area (Å²) in [5.41, 5.74) is 0. The van der Waals surface area contributed by atoms with Gasteiger partial charge in [-0.3, -0.25) is 4.79 Å². The monoisotopic (exact) mass is 278 g/mol. The molecular weight excluding hydrogens is 264 g/mol. The van der Waals surface area contributed by atoms with Crippen molar-refractivity contribution in [2.24, 2.45) is 0 Å². The molecular formula is C9H14N2O4S2. The van der Waals surface area contributed by atoms with E-state index in [0.29, 0.717) is 6.42 Å². The lowest BCUT2D eigenvalue weighted by atomic mass is 10.3. The van der Waals surface area contributed by atoms with Crippen LogP contribution >= 0.6 is 11.8 Å². The molecule has 96 valence electrons. The number of carboxylic acid groups (broad SMARTS) is 1. The maximum atomic E-state index is 11.9. The molecule has 0 aromatic rings. The van der Waals surface area contributed by atoms with Gasteiger partial charge >= 0.3 is 5.97 Å². The molecule has 17 heavy (non-hydrogen) atoms. The quantitative estimate of drug-likeness (QED) is 0.784. The zero-order valence-electron chi connectivity index (χ0n) is 9.37. The number of hydrogen-bond donors (Lipinski definition) is 1. The lowest BCUT2D eigenvalue weighted by molar-refractivity contribution is -0.140. The highest BCUT2D eigenvalue weighted by atomic mass is 32.2. The molecule has 0 aromatic heterocycles. The van der Waals surface area contributed by atoms with Crippen molar-refractivity contribution in [3.05, 3.63) is 0 Å². The molecule has 0 spiro atoms. The van der Waals surface area contributed by atoms with Gasteiger partial charge in [-0.2, -0.15) is 9.57 Å². The predicted octanol–water partition coefficient (Wildman–Crippen LogP) is 0.468. The summed E-state index contributed by atoms with van der Waals surface area (Å²) in [5.74, 6) is -1.58. The van der Waals surface area contributed by atoms with E-state index in [1.807, 2.05) is 6.92 Å². The summed E-state index contributed by atoms with van der Waals surface area (Å²) >= 11 is 1.32. The largest absolute Gasteiger partial charge is 0.480 e.